The number of anilines is 2. The van der Waals surface area contributed by atoms with Crippen LogP contribution in [-0.2, 0) is 14.4 Å². The first-order valence-electron chi connectivity index (χ1n) is 9.68. The van der Waals surface area contributed by atoms with Gasteiger partial charge in [-0.1, -0.05) is 45.7 Å². The number of halogens is 3. The molecule has 0 saturated heterocycles. The molecule has 3 N–H and O–H groups in total. The minimum atomic E-state index is -0.972. The molecule has 174 valence electrons. The standard InChI is InChI=1S/C23H17BrClFN4O4/c24-15-7-8-20(19(26)10-15)29-21(31)13-34-18-6-1-3-14(9-18)12-27-30-23(33)22(32)28-17-5-2-4-16(25)11-17/h1-12H,13H2,(H,28,32)(H,29,31)(H,30,33)/b27-12-. The molecule has 0 atom stereocenters. The van der Waals surface area contributed by atoms with Gasteiger partial charge in [-0.05, 0) is 54.1 Å². The van der Waals surface area contributed by atoms with Gasteiger partial charge in [-0.25, -0.2) is 9.82 Å². The highest BCUT2D eigenvalue weighted by molar-refractivity contribution is 9.10. The summed E-state index contributed by atoms with van der Waals surface area (Å²) in [4.78, 5) is 35.8. The van der Waals surface area contributed by atoms with Crippen molar-refractivity contribution < 1.29 is 23.5 Å². The Morgan fingerprint density at radius 2 is 1.79 bits per heavy atom. The van der Waals surface area contributed by atoms with E-state index in [0.717, 1.165) is 0 Å². The van der Waals surface area contributed by atoms with Crippen molar-refractivity contribution in [2.45, 2.75) is 0 Å². The Hall–Kier alpha value is -3.76. The van der Waals surface area contributed by atoms with Crippen molar-refractivity contribution in [2.75, 3.05) is 17.2 Å². The van der Waals surface area contributed by atoms with Crippen molar-refractivity contribution in [1.29, 1.82) is 0 Å². The third-order valence-electron chi connectivity index (χ3n) is 4.10. The molecule has 0 heterocycles. The summed E-state index contributed by atoms with van der Waals surface area (Å²) in [6.07, 6.45) is 1.30. The molecule has 8 nitrogen and oxygen atoms in total. The Morgan fingerprint density at radius 3 is 2.56 bits per heavy atom. The van der Waals surface area contributed by atoms with Gasteiger partial charge in [0.05, 0.1) is 11.9 Å². The fourth-order valence-corrected chi connectivity index (χ4v) is 3.10. The molecule has 0 aliphatic rings. The summed E-state index contributed by atoms with van der Waals surface area (Å²) < 4.78 is 19.8. The van der Waals surface area contributed by atoms with Crippen molar-refractivity contribution in [3.05, 3.63) is 87.6 Å². The first-order valence-corrected chi connectivity index (χ1v) is 10.8. The third kappa shape index (κ3) is 7.68. The van der Waals surface area contributed by atoms with E-state index in [1.807, 2.05) is 0 Å². The molecule has 0 bridgehead atoms. The summed E-state index contributed by atoms with van der Waals surface area (Å²) in [5.74, 6) is -2.66. The first kappa shape index (κ1) is 24.9. The van der Waals surface area contributed by atoms with Gasteiger partial charge in [0.15, 0.2) is 6.61 Å². The second-order valence-corrected chi connectivity index (χ2v) is 8.05. The van der Waals surface area contributed by atoms with Crippen molar-refractivity contribution >= 4 is 62.8 Å². The van der Waals surface area contributed by atoms with Crippen LogP contribution < -0.4 is 20.8 Å². The zero-order valence-corrected chi connectivity index (χ0v) is 19.7. The Morgan fingerprint density at radius 1 is 1.00 bits per heavy atom. The lowest BCUT2D eigenvalue weighted by molar-refractivity contribution is -0.136. The lowest BCUT2D eigenvalue weighted by Gasteiger charge is -2.09. The van der Waals surface area contributed by atoms with Crippen molar-refractivity contribution in [1.82, 2.24) is 5.43 Å². The number of hydrogen-bond acceptors (Lipinski definition) is 5. The van der Waals surface area contributed by atoms with Gasteiger partial charge in [-0.2, -0.15) is 5.10 Å². The van der Waals surface area contributed by atoms with Gasteiger partial charge in [0.2, 0.25) is 0 Å². The molecule has 3 aromatic rings. The fourth-order valence-electron chi connectivity index (χ4n) is 2.58. The van der Waals surface area contributed by atoms with E-state index in [9.17, 15) is 18.8 Å². The Bertz CT molecular complexity index is 1260. The summed E-state index contributed by atoms with van der Waals surface area (Å²) in [6, 6.07) is 17.1. The van der Waals surface area contributed by atoms with E-state index in [-0.39, 0.29) is 12.3 Å². The number of nitrogens with zero attached hydrogens (tertiary/aromatic N) is 1. The average Bonchev–Trinajstić information content (AvgIpc) is 2.80. The number of hydrazone groups is 1. The molecule has 0 aliphatic carbocycles. The number of carbonyl (C=O) groups is 3. The molecule has 0 aromatic heterocycles. The van der Waals surface area contributed by atoms with E-state index in [1.54, 1.807) is 48.5 Å². The lowest BCUT2D eigenvalue weighted by atomic mass is 10.2. The minimum absolute atomic E-state index is 0.0350. The van der Waals surface area contributed by atoms with Crippen LogP contribution in [0.25, 0.3) is 0 Å². The highest BCUT2D eigenvalue weighted by atomic mass is 79.9. The number of hydrogen-bond donors (Lipinski definition) is 3. The maximum absolute atomic E-state index is 13.8. The molecule has 3 aromatic carbocycles. The maximum atomic E-state index is 13.8. The molecule has 0 unspecified atom stereocenters. The van der Waals surface area contributed by atoms with Gasteiger partial charge in [0, 0.05) is 15.2 Å². The number of ether oxygens (including phenoxy) is 1. The van der Waals surface area contributed by atoms with E-state index < -0.39 is 23.5 Å². The number of benzene rings is 3. The largest absolute Gasteiger partial charge is 0.484 e. The predicted octanol–water partition coefficient (Wildman–Crippen LogP) is 4.35. The SMILES string of the molecule is O=C(COc1cccc(/C=N\NC(=O)C(=O)Nc2cccc(Cl)c2)c1)Nc1ccc(Br)cc1F. The van der Waals surface area contributed by atoms with Crippen LogP contribution in [0.4, 0.5) is 15.8 Å². The zero-order chi connectivity index (χ0) is 24.5. The van der Waals surface area contributed by atoms with Crippen LogP contribution in [0.3, 0.4) is 0 Å². The number of carbonyl (C=O) groups excluding carboxylic acids is 3. The Labute approximate surface area is 207 Å². The highest BCUT2D eigenvalue weighted by Crippen LogP contribution is 2.19. The van der Waals surface area contributed by atoms with E-state index in [4.69, 9.17) is 16.3 Å². The summed E-state index contributed by atoms with van der Waals surface area (Å²) >= 11 is 8.98. The van der Waals surface area contributed by atoms with E-state index in [2.05, 4.69) is 37.1 Å². The van der Waals surface area contributed by atoms with E-state index in [0.29, 0.717) is 26.5 Å². The summed E-state index contributed by atoms with van der Waals surface area (Å²) in [5.41, 5.74) is 3.05. The molecule has 0 radical (unpaired) electrons. The topological polar surface area (TPSA) is 109 Å². The van der Waals surface area contributed by atoms with Gasteiger partial charge in [0.25, 0.3) is 5.91 Å². The quantitative estimate of drug-likeness (QED) is 0.232. The van der Waals surface area contributed by atoms with Crippen LogP contribution in [0.1, 0.15) is 5.56 Å². The van der Waals surface area contributed by atoms with Crippen LogP contribution in [0.2, 0.25) is 5.02 Å². The van der Waals surface area contributed by atoms with Crippen molar-refractivity contribution in [3.8, 4) is 5.75 Å². The monoisotopic (exact) mass is 546 g/mol. The molecule has 3 amide bonds. The van der Waals surface area contributed by atoms with Crippen LogP contribution >= 0.6 is 27.5 Å². The van der Waals surface area contributed by atoms with Crippen molar-refractivity contribution in [3.63, 3.8) is 0 Å². The second kappa shape index (κ2) is 11.9. The van der Waals surface area contributed by atoms with Crippen molar-refractivity contribution in [2.24, 2.45) is 5.10 Å². The zero-order valence-electron chi connectivity index (χ0n) is 17.3. The number of amides is 3. The third-order valence-corrected chi connectivity index (χ3v) is 4.83. The summed E-state index contributed by atoms with van der Waals surface area (Å²) in [6.45, 7) is -0.351. The first-order chi connectivity index (χ1) is 16.3. The van der Waals surface area contributed by atoms with E-state index in [1.165, 1.54) is 24.4 Å². The van der Waals surface area contributed by atoms with Crippen LogP contribution in [0.15, 0.2) is 76.3 Å². The summed E-state index contributed by atoms with van der Waals surface area (Å²) in [7, 11) is 0. The molecule has 0 aliphatic heterocycles. The molecule has 11 heteroatoms. The van der Waals surface area contributed by atoms with Crippen LogP contribution in [0.5, 0.6) is 5.75 Å². The predicted molar refractivity (Wildman–Crippen MR) is 130 cm³/mol. The van der Waals surface area contributed by atoms with Gasteiger partial charge in [-0.15, -0.1) is 0 Å². The molecule has 0 spiro atoms. The second-order valence-electron chi connectivity index (χ2n) is 6.70. The van der Waals surface area contributed by atoms with Gasteiger partial charge in [-0.3, -0.25) is 14.4 Å². The highest BCUT2D eigenvalue weighted by Gasteiger charge is 2.13. The normalized spacial score (nSPS) is 10.6. The lowest BCUT2D eigenvalue weighted by Crippen LogP contribution is -2.32. The van der Waals surface area contributed by atoms with Gasteiger partial charge >= 0.3 is 11.8 Å². The maximum Gasteiger partial charge on any atom is 0.329 e. The number of rotatable bonds is 7. The van der Waals surface area contributed by atoms with Crippen LogP contribution in [-0.4, -0.2) is 30.5 Å². The van der Waals surface area contributed by atoms with Gasteiger partial charge in [0.1, 0.15) is 11.6 Å². The fraction of sp³-hybridized carbons (Fsp3) is 0.0435. The van der Waals surface area contributed by atoms with Crippen LogP contribution in [0, 0.1) is 5.82 Å². The Balaban J connectivity index is 1.49. The molecule has 0 fully saturated rings. The average molecular weight is 548 g/mol. The van der Waals surface area contributed by atoms with E-state index >= 15 is 0 Å². The molecule has 3 rings (SSSR count). The minimum Gasteiger partial charge on any atom is -0.484 e. The molecule has 0 saturated carbocycles. The number of nitrogens with one attached hydrogen (secondary N) is 3. The van der Waals surface area contributed by atoms with Gasteiger partial charge < -0.3 is 15.4 Å². The molecular weight excluding hydrogens is 531 g/mol. The molecular formula is C23H17BrClFN4O4. The summed E-state index contributed by atoms with van der Waals surface area (Å²) in [5, 5.41) is 8.97. The molecule has 34 heavy (non-hydrogen) atoms. The smallest absolute Gasteiger partial charge is 0.329 e. The Kier molecular flexibility index (Phi) is 8.72.